The van der Waals surface area contributed by atoms with Crippen molar-refractivity contribution in [3.05, 3.63) is 12.3 Å². The van der Waals surface area contributed by atoms with Gasteiger partial charge < -0.3 is 10.2 Å². The second kappa shape index (κ2) is 6.28. The molecule has 0 radical (unpaired) electrons. The van der Waals surface area contributed by atoms with E-state index in [2.05, 4.69) is 15.3 Å². The summed E-state index contributed by atoms with van der Waals surface area (Å²) >= 11 is 0. The lowest BCUT2D eigenvalue weighted by Crippen LogP contribution is -2.42. The normalized spacial score (nSPS) is 20.0. The lowest BCUT2D eigenvalue weighted by atomic mass is 9.97. The van der Waals surface area contributed by atoms with Crippen molar-refractivity contribution in [2.45, 2.75) is 32.4 Å². The number of piperidine rings is 1. The minimum atomic E-state index is -4.13. The number of aromatic nitrogens is 2. The summed E-state index contributed by atoms with van der Waals surface area (Å²) in [6.45, 7) is 3.36. The Morgan fingerprint density at radius 3 is 2.95 bits per heavy atom. The highest BCUT2D eigenvalue weighted by atomic mass is 19.4. The molecule has 1 aliphatic heterocycles. The molecule has 1 fully saturated rings. The van der Waals surface area contributed by atoms with Gasteiger partial charge in [-0.3, -0.25) is 0 Å². The van der Waals surface area contributed by atoms with Crippen LogP contribution in [-0.4, -0.2) is 35.8 Å². The molecule has 112 valence electrons. The maximum Gasteiger partial charge on any atom is 0.393 e. The second-order valence-corrected chi connectivity index (χ2v) is 4.99. The third kappa shape index (κ3) is 3.74. The number of hydrogen-bond donors (Lipinski definition) is 1. The maximum absolute atomic E-state index is 12.8. The lowest BCUT2D eigenvalue weighted by molar-refractivity contribution is -0.176. The summed E-state index contributed by atoms with van der Waals surface area (Å²) in [7, 11) is 0. The molecule has 0 aliphatic carbocycles. The van der Waals surface area contributed by atoms with Crippen LogP contribution in [-0.2, 0) is 0 Å². The van der Waals surface area contributed by atoms with Crippen LogP contribution in [0.25, 0.3) is 0 Å². The quantitative estimate of drug-likeness (QED) is 0.924. The summed E-state index contributed by atoms with van der Waals surface area (Å²) in [6, 6.07) is 1.66. The van der Waals surface area contributed by atoms with Gasteiger partial charge in [-0.15, -0.1) is 0 Å². The fourth-order valence-corrected chi connectivity index (χ4v) is 2.30. The molecule has 1 aromatic rings. The number of hydrogen-bond acceptors (Lipinski definition) is 4. The van der Waals surface area contributed by atoms with E-state index >= 15 is 0 Å². The van der Waals surface area contributed by atoms with Gasteiger partial charge in [0.2, 0.25) is 5.95 Å². The van der Waals surface area contributed by atoms with Gasteiger partial charge in [0.15, 0.2) is 0 Å². The van der Waals surface area contributed by atoms with Crippen LogP contribution in [0.2, 0.25) is 0 Å². The summed E-state index contributed by atoms with van der Waals surface area (Å²) in [6.07, 6.45) is -0.877. The molecule has 1 atom stereocenters. The molecule has 0 amide bonds. The Kier molecular flexibility index (Phi) is 4.67. The second-order valence-electron chi connectivity index (χ2n) is 4.99. The van der Waals surface area contributed by atoms with Crippen molar-refractivity contribution in [3.8, 4) is 0 Å². The zero-order chi connectivity index (χ0) is 14.6. The summed E-state index contributed by atoms with van der Waals surface area (Å²) in [5.41, 5.74) is 0. The van der Waals surface area contributed by atoms with E-state index in [0.29, 0.717) is 24.7 Å². The SMILES string of the molecule is CCCNc1nccc(N2CCCC(C(F)(F)F)C2)n1. The molecule has 2 rings (SSSR count). The zero-order valence-electron chi connectivity index (χ0n) is 11.5. The number of anilines is 2. The smallest absolute Gasteiger partial charge is 0.356 e. The van der Waals surface area contributed by atoms with Gasteiger partial charge in [-0.2, -0.15) is 18.2 Å². The maximum atomic E-state index is 12.8. The molecule has 0 saturated carbocycles. The van der Waals surface area contributed by atoms with E-state index in [1.165, 1.54) is 0 Å². The lowest BCUT2D eigenvalue weighted by Gasteiger charge is -2.34. The Morgan fingerprint density at radius 1 is 1.45 bits per heavy atom. The van der Waals surface area contributed by atoms with Crippen LogP contribution in [0.1, 0.15) is 26.2 Å². The Hall–Kier alpha value is -1.53. The van der Waals surface area contributed by atoms with E-state index in [0.717, 1.165) is 13.0 Å². The van der Waals surface area contributed by atoms with E-state index in [9.17, 15) is 13.2 Å². The van der Waals surface area contributed by atoms with E-state index < -0.39 is 12.1 Å². The number of rotatable bonds is 4. The highest BCUT2D eigenvalue weighted by Gasteiger charge is 2.42. The fraction of sp³-hybridized carbons (Fsp3) is 0.692. The number of alkyl halides is 3. The van der Waals surface area contributed by atoms with Gasteiger partial charge in [-0.05, 0) is 25.3 Å². The summed E-state index contributed by atoms with van der Waals surface area (Å²) < 4.78 is 38.4. The Morgan fingerprint density at radius 2 is 2.25 bits per heavy atom. The van der Waals surface area contributed by atoms with Gasteiger partial charge in [0, 0.05) is 25.8 Å². The Labute approximate surface area is 116 Å². The Balaban J connectivity index is 2.07. The molecular formula is C13H19F3N4. The predicted octanol–water partition coefficient (Wildman–Crippen LogP) is 3.08. The molecule has 1 unspecified atom stereocenters. The summed E-state index contributed by atoms with van der Waals surface area (Å²) in [4.78, 5) is 10.1. The molecule has 1 N–H and O–H groups in total. The number of nitrogens with one attached hydrogen (secondary N) is 1. The van der Waals surface area contributed by atoms with Crippen LogP contribution < -0.4 is 10.2 Å². The number of halogens is 3. The Bertz CT molecular complexity index is 436. The largest absolute Gasteiger partial charge is 0.393 e. The molecule has 4 nitrogen and oxygen atoms in total. The van der Waals surface area contributed by atoms with Crippen molar-refractivity contribution >= 4 is 11.8 Å². The summed E-state index contributed by atoms with van der Waals surface area (Å²) in [5, 5.41) is 3.04. The first-order chi connectivity index (χ1) is 9.50. The highest BCUT2D eigenvalue weighted by Crippen LogP contribution is 2.34. The van der Waals surface area contributed by atoms with Crippen molar-refractivity contribution in [1.82, 2.24) is 9.97 Å². The first kappa shape index (κ1) is 14.9. The molecule has 0 aromatic carbocycles. The minimum Gasteiger partial charge on any atom is -0.356 e. The van der Waals surface area contributed by atoms with Crippen molar-refractivity contribution < 1.29 is 13.2 Å². The highest BCUT2D eigenvalue weighted by molar-refractivity contribution is 5.43. The third-order valence-corrected chi connectivity index (χ3v) is 3.38. The molecule has 20 heavy (non-hydrogen) atoms. The average molecular weight is 288 g/mol. The fourth-order valence-electron chi connectivity index (χ4n) is 2.30. The molecule has 7 heteroatoms. The number of nitrogens with zero attached hydrogens (tertiary/aromatic N) is 3. The van der Waals surface area contributed by atoms with Gasteiger partial charge in [0.05, 0.1) is 5.92 Å². The van der Waals surface area contributed by atoms with Crippen LogP contribution >= 0.6 is 0 Å². The minimum absolute atomic E-state index is 0.0201. The van der Waals surface area contributed by atoms with Crippen LogP contribution in [0, 0.1) is 5.92 Å². The zero-order valence-corrected chi connectivity index (χ0v) is 11.5. The van der Waals surface area contributed by atoms with E-state index in [1.807, 2.05) is 6.92 Å². The molecule has 2 heterocycles. The van der Waals surface area contributed by atoms with Gasteiger partial charge in [-0.1, -0.05) is 6.92 Å². The summed E-state index contributed by atoms with van der Waals surface area (Å²) in [5.74, 6) is -0.232. The molecular weight excluding hydrogens is 269 g/mol. The van der Waals surface area contributed by atoms with Crippen LogP contribution in [0.4, 0.5) is 24.9 Å². The first-order valence-electron chi connectivity index (χ1n) is 6.89. The van der Waals surface area contributed by atoms with Crippen LogP contribution in [0.3, 0.4) is 0 Å². The monoisotopic (exact) mass is 288 g/mol. The van der Waals surface area contributed by atoms with E-state index in [4.69, 9.17) is 0 Å². The van der Waals surface area contributed by atoms with E-state index in [-0.39, 0.29) is 13.0 Å². The van der Waals surface area contributed by atoms with Crippen molar-refractivity contribution in [2.24, 2.45) is 5.92 Å². The van der Waals surface area contributed by atoms with Crippen molar-refractivity contribution in [2.75, 3.05) is 29.9 Å². The van der Waals surface area contributed by atoms with Gasteiger partial charge in [-0.25, -0.2) is 4.98 Å². The van der Waals surface area contributed by atoms with Gasteiger partial charge >= 0.3 is 6.18 Å². The molecule has 1 saturated heterocycles. The predicted molar refractivity (Wildman–Crippen MR) is 71.8 cm³/mol. The topological polar surface area (TPSA) is 41.1 Å². The molecule has 1 aliphatic rings. The third-order valence-electron chi connectivity index (χ3n) is 3.38. The van der Waals surface area contributed by atoms with Gasteiger partial charge in [0.25, 0.3) is 0 Å². The van der Waals surface area contributed by atoms with Gasteiger partial charge in [0.1, 0.15) is 5.82 Å². The average Bonchev–Trinajstić information content (AvgIpc) is 2.45. The van der Waals surface area contributed by atoms with Crippen molar-refractivity contribution in [1.29, 1.82) is 0 Å². The van der Waals surface area contributed by atoms with Crippen LogP contribution in [0.5, 0.6) is 0 Å². The van der Waals surface area contributed by atoms with Crippen LogP contribution in [0.15, 0.2) is 12.3 Å². The van der Waals surface area contributed by atoms with E-state index in [1.54, 1.807) is 17.2 Å². The molecule has 0 spiro atoms. The first-order valence-corrected chi connectivity index (χ1v) is 6.89. The molecule has 1 aromatic heterocycles. The standard InChI is InChI=1S/C13H19F3N4/c1-2-6-17-12-18-7-5-11(19-12)20-8-3-4-10(9-20)13(14,15)16/h5,7,10H,2-4,6,8-9H2,1H3,(H,17,18,19). The molecule has 0 bridgehead atoms. The van der Waals surface area contributed by atoms with Crippen molar-refractivity contribution in [3.63, 3.8) is 0 Å².